The number of ether oxygens (including phenoxy) is 2. The summed E-state index contributed by atoms with van der Waals surface area (Å²) in [5.41, 5.74) is 0.536. The van der Waals surface area contributed by atoms with Gasteiger partial charge in [0.25, 0.3) is 5.91 Å². The third-order valence-electron chi connectivity index (χ3n) is 2.93. The Labute approximate surface area is 137 Å². The van der Waals surface area contributed by atoms with Gasteiger partial charge >= 0.3 is 6.18 Å². The first-order valence-electron chi connectivity index (χ1n) is 6.95. The van der Waals surface area contributed by atoms with Crippen LogP contribution in [0.25, 0.3) is 0 Å². The van der Waals surface area contributed by atoms with E-state index in [1.165, 1.54) is 24.1 Å². The summed E-state index contributed by atoms with van der Waals surface area (Å²) in [5, 5.41) is 2.18. The highest BCUT2D eigenvalue weighted by Crippen LogP contribution is 2.28. The van der Waals surface area contributed by atoms with Crippen LogP contribution in [0.2, 0.25) is 0 Å². The SMILES string of the molecule is COc1cc(CNC(=O)CC(F)(F)F)ccc1OCC(=O)N(C)C. The maximum absolute atomic E-state index is 12.1. The molecule has 6 nitrogen and oxygen atoms in total. The van der Waals surface area contributed by atoms with E-state index in [4.69, 9.17) is 9.47 Å². The van der Waals surface area contributed by atoms with Crippen LogP contribution in [0.15, 0.2) is 18.2 Å². The molecule has 0 saturated heterocycles. The van der Waals surface area contributed by atoms with E-state index in [1.54, 1.807) is 20.2 Å². The molecule has 0 aliphatic carbocycles. The van der Waals surface area contributed by atoms with Gasteiger partial charge in [-0.15, -0.1) is 0 Å². The first-order valence-corrected chi connectivity index (χ1v) is 6.95. The number of alkyl halides is 3. The molecule has 0 spiro atoms. The van der Waals surface area contributed by atoms with Gasteiger partial charge in [0.05, 0.1) is 7.11 Å². The third kappa shape index (κ3) is 6.76. The van der Waals surface area contributed by atoms with Crippen LogP contribution in [-0.2, 0) is 16.1 Å². The molecule has 134 valence electrons. The highest BCUT2D eigenvalue weighted by atomic mass is 19.4. The van der Waals surface area contributed by atoms with Crippen molar-refractivity contribution in [1.29, 1.82) is 0 Å². The number of nitrogens with one attached hydrogen (secondary N) is 1. The quantitative estimate of drug-likeness (QED) is 0.815. The summed E-state index contributed by atoms with van der Waals surface area (Å²) in [7, 11) is 4.58. The fraction of sp³-hybridized carbons (Fsp3) is 0.467. The van der Waals surface area contributed by atoms with Crippen molar-refractivity contribution in [1.82, 2.24) is 10.2 Å². The Hall–Kier alpha value is -2.45. The molecule has 0 aliphatic heterocycles. The van der Waals surface area contributed by atoms with Crippen LogP contribution in [0.4, 0.5) is 13.2 Å². The summed E-state index contributed by atoms with van der Waals surface area (Å²) in [4.78, 5) is 24.0. The highest BCUT2D eigenvalue weighted by Gasteiger charge is 2.30. The number of carbonyl (C=O) groups excluding carboxylic acids is 2. The van der Waals surface area contributed by atoms with E-state index in [0.717, 1.165) is 0 Å². The van der Waals surface area contributed by atoms with Gasteiger partial charge in [0.1, 0.15) is 6.42 Å². The third-order valence-corrected chi connectivity index (χ3v) is 2.93. The molecule has 0 unspecified atom stereocenters. The molecule has 1 aromatic carbocycles. The number of hydrogen-bond donors (Lipinski definition) is 1. The van der Waals surface area contributed by atoms with Crippen molar-refractivity contribution in [2.75, 3.05) is 27.8 Å². The molecule has 2 amide bonds. The molecule has 0 heterocycles. The maximum atomic E-state index is 12.1. The zero-order valence-corrected chi connectivity index (χ0v) is 13.6. The Morgan fingerprint density at radius 3 is 2.42 bits per heavy atom. The van der Waals surface area contributed by atoms with Crippen molar-refractivity contribution in [2.45, 2.75) is 19.1 Å². The smallest absolute Gasteiger partial charge is 0.397 e. The highest BCUT2D eigenvalue weighted by molar-refractivity contribution is 5.77. The first kappa shape index (κ1) is 19.6. The lowest BCUT2D eigenvalue weighted by Crippen LogP contribution is -2.28. The molecule has 0 aliphatic rings. The predicted octanol–water partition coefficient (Wildman–Crippen LogP) is 1.73. The standard InChI is InChI=1S/C15H19F3N2O4/c1-20(2)14(22)9-24-11-5-4-10(6-12(11)23-3)8-19-13(21)7-15(16,17)18/h4-6H,7-9H2,1-3H3,(H,19,21). The molecule has 9 heteroatoms. The molecule has 1 N–H and O–H groups in total. The molecule has 0 radical (unpaired) electrons. The molecule has 1 rings (SSSR count). The van der Waals surface area contributed by atoms with Crippen molar-refractivity contribution < 1.29 is 32.2 Å². The zero-order chi connectivity index (χ0) is 18.3. The average molecular weight is 348 g/mol. The second-order valence-electron chi connectivity index (χ2n) is 5.13. The van der Waals surface area contributed by atoms with E-state index in [0.29, 0.717) is 17.1 Å². The normalized spacial score (nSPS) is 10.9. The van der Waals surface area contributed by atoms with Crippen molar-refractivity contribution in [3.63, 3.8) is 0 Å². The number of amides is 2. The fourth-order valence-corrected chi connectivity index (χ4v) is 1.65. The number of hydrogen-bond acceptors (Lipinski definition) is 4. The van der Waals surface area contributed by atoms with Gasteiger partial charge in [-0.25, -0.2) is 0 Å². The number of halogens is 3. The first-order chi connectivity index (χ1) is 11.1. The summed E-state index contributed by atoms with van der Waals surface area (Å²) in [5.74, 6) is -0.721. The second kappa shape index (κ2) is 8.42. The molecular formula is C15H19F3N2O4. The largest absolute Gasteiger partial charge is 0.493 e. The molecule has 24 heavy (non-hydrogen) atoms. The van der Waals surface area contributed by atoms with Crippen LogP contribution >= 0.6 is 0 Å². The van der Waals surface area contributed by atoms with Crippen LogP contribution in [0.1, 0.15) is 12.0 Å². The summed E-state index contributed by atoms with van der Waals surface area (Å²) in [6.07, 6.45) is -6.07. The van der Waals surface area contributed by atoms with Gasteiger partial charge < -0.3 is 19.7 Å². The lowest BCUT2D eigenvalue weighted by molar-refractivity contribution is -0.153. The van der Waals surface area contributed by atoms with Gasteiger partial charge in [0.15, 0.2) is 18.1 Å². The molecule has 0 fully saturated rings. The lowest BCUT2D eigenvalue weighted by atomic mass is 10.2. The van der Waals surface area contributed by atoms with Crippen LogP contribution in [0, 0.1) is 0 Å². The molecular weight excluding hydrogens is 329 g/mol. The predicted molar refractivity (Wildman–Crippen MR) is 79.7 cm³/mol. The molecule has 1 aromatic rings. The summed E-state index contributed by atoms with van der Waals surface area (Å²) < 4.78 is 46.7. The number of benzene rings is 1. The van der Waals surface area contributed by atoms with Gasteiger partial charge in [-0.2, -0.15) is 13.2 Å². The summed E-state index contributed by atoms with van der Waals surface area (Å²) >= 11 is 0. The summed E-state index contributed by atoms with van der Waals surface area (Å²) in [6.45, 7) is -0.257. The minimum Gasteiger partial charge on any atom is -0.493 e. The average Bonchev–Trinajstić information content (AvgIpc) is 2.49. The maximum Gasteiger partial charge on any atom is 0.397 e. The van der Waals surface area contributed by atoms with Gasteiger partial charge in [0.2, 0.25) is 5.91 Å². The Morgan fingerprint density at radius 2 is 1.88 bits per heavy atom. The van der Waals surface area contributed by atoms with Crippen LogP contribution < -0.4 is 14.8 Å². The fourth-order valence-electron chi connectivity index (χ4n) is 1.65. The number of methoxy groups -OCH3 is 1. The van der Waals surface area contributed by atoms with E-state index < -0.39 is 18.5 Å². The lowest BCUT2D eigenvalue weighted by Gasteiger charge is -2.14. The zero-order valence-electron chi connectivity index (χ0n) is 13.6. The molecule has 0 aromatic heterocycles. The Balaban J connectivity index is 2.66. The van der Waals surface area contributed by atoms with E-state index in [-0.39, 0.29) is 19.1 Å². The van der Waals surface area contributed by atoms with Crippen molar-refractivity contribution in [3.05, 3.63) is 23.8 Å². The van der Waals surface area contributed by atoms with E-state index in [2.05, 4.69) is 5.32 Å². The van der Waals surface area contributed by atoms with Crippen LogP contribution in [0.5, 0.6) is 11.5 Å². The van der Waals surface area contributed by atoms with Gasteiger partial charge in [-0.1, -0.05) is 6.07 Å². The van der Waals surface area contributed by atoms with Crippen molar-refractivity contribution >= 4 is 11.8 Å². The molecule has 0 bridgehead atoms. The van der Waals surface area contributed by atoms with Gasteiger partial charge in [-0.3, -0.25) is 9.59 Å². The second-order valence-corrected chi connectivity index (χ2v) is 5.13. The Kier molecular flexibility index (Phi) is 6.87. The minimum absolute atomic E-state index is 0.0812. The van der Waals surface area contributed by atoms with Crippen molar-refractivity contribution in [3.8, 4) is 11.5 Å². The van der Waals surface area contributed by atoms with E-state index in [9.17, 15) is 22.8 Å². The van der Waals surface area contributed by atoms with Gasteiger partial charge in [0, 0.05) is 20.6 Å². The Bertz CT molecular complexity index is 589. The van der Waals surface area contributed by atoms with E-state index >= 15 is 0 Å². The summed E-state index contributed by atoms with van der Waals surface area (Å²) in [6, 6.07) is 4.60. The number of nitrogens with zero attached hydrogens (tertiary/aromatic N) is 1. The Morgan fingerprint density at radius 1 is 1.21 bits per heavy atom. The van der Waals surface area contributed by atoms with Crippen LogP contribution in [0.3, 0.4) is 0 Å². The van der Waals surface area contributed by atoms with Crippen molar-refractivity contribution in [2.24, 2.45) is 0 Å². The number of carbonyl (C=O) groups is 2. The van der Waals surface area contributed by atoms with E-state index in [1.807, 2.05) is 0 Å². The van der Waals surface area contributed by atoms with Gasteiger partial charge in [-0.05, 0) is 17.7 Å². The minimum atomic E-state index is -4.54. The number of rotatable bonds is 7. The monoisotopic (exact) mass is 348 g/mol. The topological polar surface area (TPSA) is 67.9 Å². The molecule has 0 saturated carbocycles. The molecule has 0 atom stereocenters. The van der Waals surface area contributed by atoms with Crippen LogP contribution in [-0.4, -0.2) is 50.7 Å². The number of likely N-dealkylation sites (N-methyl/N-ethyl adjacent to an activating group) is 1.